The van der Waals surface area contributed by atoms with Crippen LogP contribution in [0.1, 0.15) is 31.2 Å². The van der Waals surface area contributed by atoms with E-state index in [1.807, 2.05) is 6.07 Å². The summed E-state index contributed by atoms with van der Waals surface area (Å²) in [6, 6.07) is 6.91. The normalized spacial score (nSPS) is 27.8. The molecule has 4 nitrogen and oxygen atoms in total. The maximum Gasteiger partial charge on any atom is 0.0745 e. The Morgan fingerprint density at radius 1 is 1.19 bits per heavy atom. The molecule has 0 bridgehead atoms. The number of fused-ring (bicyclic) bond motifs is 1. The van der Waals surface area contributed by atoms with E-state index in [9.17, 15) is 0 Å². The smallest absolute Gasteiger partial charge is 0.0745 e. The lowest BCUT2D eigenvalue weighted by molar-refractivity contribution is -0.137. The van der Waals surface area contributed by atoms with E-state index >= 15 is 0 Å². The summed E-state index contributed by atoms with van der Waals surface area (Å²) >= 11 is 0. The highest BCUT2D eigenvalue weighted by Gasteiger charge is 2.41. The number of rotatable bonds is 1. The predicted molar refractivity (Wildman–Crippen MR) is 83.7 cm³/mol. The van der Waals surface area contributed by atoms with Crippen LogP contribution in [0, 0.1) is 0 Å². The summed E-state index contributed by atoms with van der Waals surface area (Å²) in [5, 5.41) is 0. The molecule has 1 aromatic rings. The van der Waals surface area contributed by atoms with Crippen molar-refractivity contribution in [3.8, 4) is 0 Å². The highest BCUT2D eigenvalue weighted by molar-refractivity contribution is 5.68. The third kappa shape index (κ3) is 2.30. The predicted octanol–water partition coefficient (Wildman–Crippen LogP) is 2.36. The van der Waals surface area contributed by atoms with Crippen molar-refractivity contribution in [3.05, 3.63) is 23.8 Å². The first-order valence-corrected chi connectivity index (χ1v) is 8.13. The van der Waals surface area contributed by atoms with Crippen molar-refractivity contribution in [1.29, 1.82) is 0 Å². The Morgan fingerprint density at radius 3 is 2.90 bits per heavy atom. The highest BCUT2D eigenvalue weighted by atomic mass is 16.5. The first kappa shape index (κ1) is 13.4. The lowest BCUT2D eigenvalue weighted by atomic mass is 9.83. The second-order valence-electron chi connectivity index (χ2n) is 6.58. The first-order valence-electron chi connectivity index (χ1n) is 8.13. The van der Waals surface area contributed by atoms with E-state index in [4.69, 9.17) is 15.2 Å². The molecule has 2 fully saturated rings. The van der Waals surface area contributed by atoms with Crippen LogP contribution in [-0.2, 0) is 15.9 Å². The van der Waals surface area contributed by atoms with Crippen LogP contribution in [0.15, 0.2) is 18.2 Å². The molecular weight excluding hydrogens is 264 g/mol. The number of hydrogen-bond donors (Lipinski definition) is 1. The summed E-state index contributed by atoms with van der Waals surface area (Å²) in [5.41, 5.74) is 9.83. The maximum absolute atomic E-state index is 6.18. The number of anilines is 2. The summed E-state index contributed by atoms with van der Waals surface area (Å²) in [4.78, 5) is 2.57. The van der Waals surface area contributed by atoms with Gasteiger partial charge < -0.3 is 20.1 Å². The standard InChI is InChI=1S/C17H24N2O2/c18-15-2-1-3-16-14(15)4-8-19(16)13-5-9-21-17(12-13)6-10-20-11-7-17/h1-3,13H,4-12,18H2. The Bertz CT molecular complexity index is 520. The Labute approximate surface area is 126 Å². The first-order chi connectivity index (χ1) is 10.3. The molecule has 4 heteroatoms. The van der Waals surface area contributed by atoms with E-state index in [0.717, 1.165) is 64.2 Å². The number of hydrogen-bond acceptors (Lipinski definition) is 4. The lowest BCUT2D eigenvalue weighted by Crippen LogP contribution is -2.51. The number of nitrogens with two attached hydrogens (primary N) is 1. The van der Waals surface area contributed by atoms with Crippen LogP contribution in [-0.4, -0.2) is 38.0 Å². The molecule has 0 aliphatic carbocycles. The molecule has 1 aromatic carbocycles. The largest absolute Gasteiger partial charge is 0.398 e. The SMILES string of the molecule is Nc1cccc2c1CCN2C1CCOC2(CCOCC2)C1. The molecule has 3 aliphatic rings. The fourth-order valence-corrected chi connectivity index (χ4v) is 4.23. The zero-order chi connectivity index (χ0) is 14.3. The van der Waals surface area contributed by atoms with E-state index in [0.29, 0.717) is 6.04 Å². The number of nitrogen functional groups attached to an aromatic ring is 1. The average Bonchev–Trinajstić information content (AvgIpc) is 2.93. The van der Waals surface area contributed by atoms with Crippen LogP contribution >= 0.6 is 0 Å². The van der Waals surface area contributed by atoms with Gasteiger partial charge >= 0.3 is 0 Å². The molecule has 2 N–H and O–H groups in total. The molecule has 21 heavy (non-hydrogen) atoms. The van der Waals surface area contributed by atoms with Gasteiger partial charge in [0.15, 0.2) is 0 Å². The minimum Gasteiger partial charge on any atom is -0.398 e. The molecule has 1 spiro atoms. The Morgan fingerprint density at radius 2 is 2.05 bits per heavy atom. The molecule has 0 amide bonds. The topological polar surface area (TPSA) is 47.7 Å². The monoisotopic (exact) mass is 288 g/mol. The van der Waals surface area contributed by atoms with E-state index in [1.54, 1.807) is 0 Å². The van der Waals surface area contributed by atoms with Gasteiger partial charge in [-0.25, -0.2) is 0 Å². The van der Waals surface area contributed by atoms with Gasteiger partial charge in [0.2, 0.25) is 0 Å². The molecular formula is C17H24N2O2. The average molecular weight is 288 g/mol. The second kappa shape index (κ2) is 5.18. The van der Waals surface area contributed by atoms with Gasteiger partial charge in [-0.1, -0.05) is 6.07 Å². The molecule has 0 aromatic heterocycles. The summed E-state index contributed by atoms with van der Waals surface area (Å²) in [6.45, 7) is 3.66. The molecule has 2 saturated heterocycles. The number of nitrogens with zero attached hydrogens (tertiary/aromatic N) is 1. The van der Waals surface area contributed by atoms with Crippen LogP contribution in [0.3, 0.4) is 0 Å². The van der Waals surface area contributed by atoms with E-state index in [2.05, 4.69) is 17.0 Å². The van der Waals surface area contributed by atoms with Crippen molar-refractivity contribution in [3.63, 3.8) is 0 Å². The van der Waals surface area contributed by atoms with Crippen molar-refractivity contribution in [2.24, 2.45) is 0 Å². The minimum absolute atomic E-state index is 0.0598. The quantitative estimate of drug-likeness (QED) is 0.806. The van der Waals surface area contributed by atoms with Crippen molar-refractivity contribution < 1.29 is 9.47 Å². The highest BCUT2D eigenvalue weighted by Crippen LogP contribution is 2.40. The third-order valence-electron chi connectivity index (χ3n) is 5.41. The molecule has 3 aliphatic heterocycles. The Balaban J connectivity index is 1.56. The summed E-state index contributed by atoms with van der Waals surface area (Å²) in [5.74, 6) is 0. The van der Waals surface area contributed by atoms with Gasteiger partial charge in [0.1, 0.15) is 0 Å². The van der Waals surface area contributed by atoms with Gasteiger partial charge in [-0.2, -0.15) is 0 Å². The minimum atomic E-state index is 0.0598. The van der Waals surface area contributed by atoms with Crippen LogP contribution in [0.25, 0.3) is 0 Å². The summed E-state index contributed by atoms with van der Waals surface area (Å²) in [7, 11) is 0. The summed E-state index contributed by atoms with van der Waals surface area (Å²) in [6.07, 6.45) is 5.42. The fraction of sp³-hybridized carbons (Fsp3) is 0.647. The van der Waals surface area contributed by atoms with Gasteiger partial charge in [0.25, 0.3) is 0 Å². The third-order valence-corrected chi connectivity index (χ3v) is 5.41. The molecule has 3 heterocycles. The molecule has 1 atom stereocenters. The van der Waals surface area contributed by atoms with Crippen molar-refractivity contribution in [2.75, 3.05) is 37.0 Å². The van der Waals surface area contributed by atoms with Gasteiger partial charge in [0, 0.05) is 49.3 Å². The van der Waals surface area contributed by atoms with Crippen molar-refractivity contribution in [1.82, 2.24) is 0 Å². The fourth-order valence-electron chi connectivity index (χ4n) is 4.23. The van der Waals surface area contributed by atoms with Crippen LogP contribution < -0.4 is 10.6 Å². The van der Waals surface area contributed by atoms with Crippen molar-refractivity contribution >= 4 is 11.4 Å². The Hall–Kier alpha value is -1.26. The van der Waals surface area contributed by atoms with Crippen LogP contribution in [0.2, 0.25) is 0 Å². The van der Waals surface area contributed by atoms with Gasteiger partial charge in [-0.3, -0.25) is 0 Å². The van der Waals surface area contributed by atoms with Crippen LogP contribution in [0.4, 0.5) is 11.4 Å². The number of benzene rings is 1. The maximum atomic E-state index is 6.18. The Kier molecular flexibility index (Phi) is 3.31. The second-order valence-corrected chi connectivity index (χ2v) is 6.58. The van der Waals surface area contributed by atoms with Gasteiger partial charge in [-0.05, 0) is 44.2 Å². The molecule has 0 radical (unpaired) electrons. The molecule has 0 saturated carbocycles. The molecule has 1 unspecified atom stereocenters. The zero-order valence-corrected chi connectivity index (χ0v) is 12.5. The van der Waals surface area contributed by atoms with Gasteiger partial charge in [-0.15, -0.1) is 0 Å². The molecule has 4 rings (SSSR count). The molecule has 114 valence electrons. The lowest BCUT2D eigenvalue weighted by Gasteiger charge is -2.46. The van der Waals surface area contributed by atoms with Gasteiger partial charge in [0.05, 0.1) is 5.60 Å². The van der Waals surface area contributed by atoms with Crippen molar-refractivity contribution in [2.45, 2.75) is 43.7 Å². The zero-order valence-electron chi connectivity index (χ0n) is 12.5. The van der Waals surface area contributed by atoms with E-state index in [1.165, 1.54) is 11.3 Å². The number of ether oxygens (including phenoxy) is 2. The van der Waals surface area contributed by atoms with E-state index in [-0.39, 0.29) is 5.60 Å². The van der Waals surface area contributed by atoms with E-state index < -0.39 is 0 Å². The summed E-state index contributed by atoms with van der Waals surface area (Å²) < 4.78 is 11.7. The van der Waals surface area contributed by atoms with Crippen LogP contribution in [0.5, 0.6) is 0 Å².